The van der Waals surface area contributed by atoms with Crippen molar-refractivity contribution >= 4 is 40.2 Å². The van der Waals surface area contributed by atoms with Gasteiger partial charge in [0.1, 0.15) is 4.88 Å². The summed E-state index contributed by atoms with van der Waals surface area (Å²) in [4.78, 5) is 25.2. The maximum atomic E-state index is 12.2. The number of carbonyl (C=O) groups excluding carboxylic acids is 2. The molecule has 2 rings (SSSR count). The molecule has 0 aliphatic heterocycles. The predicted molar refractivity (Wildman–Crippen MR) is 77.4 cm³/mol. The molecule has 4 nitrogen and oxygen atoms in total. The Kier molecular flexibility index (Phi) is 4.01. The van der Waals surface area contributed by atoms with Crippen molar-refractivity contribution in [2.75, 3.05) is 12.4 Å². The van der Waals surface area contributed by atoms with E-state index in [1.54, 1.807) is 11.4 Å². The number of thiophene rings is 2. The third kappa shape index (κ3) is 2.69. The van der Waals surface area contributed by atoms with Crippen LogP contribution in [0.2, 0.25) is 0 Å². The molecule has 19 heavy (non-hydrogen) atoms. The molecule has 0 saturated carbocycles. The lowest BCUT2D eigenvalue weighted by atomic mass is 10.1. The Morgan fingerprint density at radius 2 is 2.00 bits per heavy atom. The van der Waals surface area contributed by atoms with Gasteiger partial charge in [0.05, 0.1) is 18.4 Å². The molecule has 0 aliphatic rings. The summed E-state index contributed by atoms with van der Waals surface area (Å²) in [5.41, 5.74) is 2.10. The standard InChI is InChI=1S/C13H13NO3S2/c1-7-8(2)19-6-9(7)12(15)14-10-4-5-18-11(10)13(16)17-3/h4-6H,1-3H3,(H,14,15). The quantitative estimate of drug-likeness (QED) is 0.882. The smallest absolute Gasteiger partial charge is 0.350 e. The van der Waals surface area contributed by atoms with Crippen LogP contribution in [0.1, 0.15) is 30.5 Å². The maximum Gasteiger partial charge on any atom is 0.350 e. The topological polar surface area (TPSA) is 55.4 Å². The van der Waals surface area contributed by atoms with Crippen LogP contribution in [0.5, 0.6) is 0 Å². The third-order valence-electron chi connectivity index (χ3n) is 2.81. The van der Waals surface area contributed by atoms with E-state index in [0.717, 1.165) is 10.4 Å². The van der Waals surface area contributed by atoms with Gasteiger partial charge in [-0.15, -0.1) is 22.7 Å². The molecule has 0 saturated heterocycles. The van der Waals surface area contributed by atoms with Crippen LogP contribution in [0.4, 0.5) is 5.69 Å². The van der Waals surface area contributed by atoms with Crippen molar-refractivity contribution in [2.45, 2.75) is 13.8 Å². The summed E-state index contributed by atoms with van der Waals surface area (Å²) in [5, 5.41) is 6.32. The monoisotopic (exact) mass is 295 g/mol. The van der Waals surface area contributed by atoms with Gasteiger partial charge in [0.25, 0.3) is 5.91 Å². The van der Waals surface area contributed by atoms with Crippen LogP contribution in [0, 0.1) is 13.8 Å². The molecule has 0 bridgehead atoms. The second kappa shape index (κ2) is 5.54. The van der Waals surface area contributed by atoms with E-state index in [1.807, 2.05) is 19.2 Å². The largest absolute Gasteiger partial charge is 0.465 e. The van der Waals surface area contributed by atoms with Gasteiger partial charge in [0, 0.05) is 10.3 Å². The summed E-state index contributed by atoms with van der Waals surface area (Å²) >= 11 is 2.78. The lowest BCUT2D eigenvalue weighted by Gasteiger charge is -2.05. The zero-order valence-corrected chi connectivity index (χ0v) is 12.4. The summed E-state index contributed by atoms with van der Waals surface area (Å²) in [6.07, 6.45) is 0. The molecule has 0 aromatic carbocycles. The molecule has 0 atom stereocenters. The average molecular weight is 295 g/mol. The molecule has 2 heterocycles. The summed E-state index contributed by atoms with van der Waals surface area (Å²) in [6.45, 7) is 3.89. The first kappa shape index (κ1) is 13.8. The number of hydrogen-bond donors (Lipinski definition) is 1. The first-order chi connectivity index (χ1) is 9.04. The van der Waals surface area contributed by atoms with Crippen molar-refractivity contribution in [3.05, 3.63) is 37.7 Å². The van der Waals surface area contributed by atoms with E-state index in [4.69, 9.17) is 0 Å². The van der Waals surface area contributed by atoms with Crippen LogP contribution in [-0.2, 0) is 4.74 Å². The van der Waals surface area contributed by atoms with Crippen LogP contribution in [0.3, 0.4) is 0 Å². The van der Waals surface area contributed by atoms with Crippen molar-refractivity contribution in [3.8, 4) is 0 Å². The fraction of sp³-hybridized carbons (Fsp3) is 0.231. The van der Waals surface area contributed by atoms with Crippen LogP contribution < -0.4 is 5.32 Å². The second-order valence-corrected chi connectivity index (χ2v) is 5.94. The van der Waals surface area contributed by atoms with Crippen LogP contribution in [0.15, 0.2) is 16.8 Å². The highest BCUT2D eigenvalue weighted by Crippen LogP contribution is 2.26. The lowest BCUT2D eigenvalue weighted by molar-refractivity contribution is 0.0607. The van der Waals surface area contributed by atoms with Gasteiger partial charge < -0.3 is 10.1 Å². The molecular weight excluding hydrogens is 282 g/mol. The number of nitrogens with one attached hydrogen (secondary N) is 1. The molecule has 1 N–H and O–H groups in total. The first-order valence-electron chi connectivity index (χ1n) is 5.56. The highest BCUT2D eigenvalue weighted by Gasteiger charge is 2.18. The number of anilines is 1. The molecule has 6 heteroatoms. The number of carbonyl (C=O) groups is 2. The van der Waals surface area contributed by atoms with Gasteiger partial charge in [-0.1, -0.05) is 0 Å². The van der Waals surface area contributed by atoms with Gasteiger partial charge in [0.2, 0.25) is 0 Å². The Hall–Kier alpha value is -1.66. The molecule has 0 unspecified atom stereocenters. The third-order valence-corrected chi connectivity index (χ3v) is 4.72. The minimum atomic E-state index is -0.441. The van der Waals surface area contributed by atoms with Crippen LogP contribution >= 0.6 is 22.7 Å². The summed E-state index contributed by atoms with van der Waals surface area (Å²) in [7, 11) is 1.32. The number of ether oxygens (including phenoxy) is 1. The van der Waals surface area contributed by atoms with Crippen LogP contribution in [0.25, 0.3) is 0 Å². The van der Waals surface area contributed by atoms with Crippen LogP contribution in [-0.4, -0.2) is 19.0 Å². The fourth-order valence-electron chi connectivity index (χ4n) is 1.59. The van der Waals surface area contributed by atoms with Crippen molar-refractivity contribution in [1.29, 1.82) is 0 Å². The molecule has 0 radical (unpaired) electrons. The Bertz CT molecular complexity index is 628. The highest BCUT2D eigenvalue weighted by atomic mass is 32.1. The van der Waals surface area contributed by atoms with E-state index < -0.39 is 5.97 Å². The molecular formula is C13H13NO3S2. The number of hydrogen-bond acceptors (Lipinski definition) is 5. The molecule has 1 amide bonds. The molecule has 0 fully saturated rings. The number of aryl methyl sites for hydroxylation is 1. The SMILES string of the molecule is COC(=O)c1sccc1NC(=O)c1csc(C)c1C. The normalized spacial score (nSPS) is 10.3. The molecule has 2 aromatic heterocycles. The van der Waals surface area contributed by atoms with E-state index in [-0.39, 0.29) is 5.91 Å². The Morgan fingerprint density at radius 3 is 2.58 bits per heavy atom. The van der Waals surface area contributed by atoms with Gasteiger partial charge in [0.15, 0.2) is 0 Å². The van der Waals surface area contributed by atoms with E-state index in [9.17, 15) is 9.59 Å². The number of methoxy groups -OCH3 is 1. The van der Waals surface area contributed by atoms with E-state index >= 15 is 0 Å². The summed E-state index contributed by atoms with van der Waals surface area (Å²) in [5.74, 6) is -0.645. The van der Waals surface area contributed by atoms with Crippen molar-refractivity contribution < 1.29 is 14.3 Å². The average Bonchev–Trinajstić information content (AvgIpc) is 2.97. The van der Waals surface area contributed by atoms with Gasteiger partial charge in [-0.3, -0.25) is 4.79 Å². The Morgan fingerprint density at radius 1 is 1.26 bits per heavy atom. The molecule has 0 aliphatic carbocycles. The van der Waals surface area contributed by atoms with Gasteiger partial charge >= 0.3 is 5.97 Å². The van der Waals surface area contributed by atoms with Crippen molar-refractivity contribution in [3.63, 3.8) is 0 Å². The highest BCUT2D eigenvalue weighted by molar-refractivity contribution is 7.12. The minimum absolute atomic E-state index is 0.203. The molecule has 100 valence electrons. The lowest BCUT2D eigenvalue weighted by Crippen LogP contribution is -2.14. The number of rotatable bonds is 3. The zero-order chi connectivity index (χ0) is 14.0. The van der Waals surface area contributed by atoms with Gasteiger partial charge in [-0.05, 0) is 30.9 Å². The maximum absolute atomic E-state index is 12.2. The minimum Gasteiger partial charge on any atom is -0.465 e. The molecule has 2 aromatic rings. The number of amides is 1. The summed E-state index contributed by atoms with van der Waals surface area (Å²) in [6, 6.07) is 1.70. The summed E-state index contributed by atoms with van der Waals surface area (Å²) < 4.78 is 4.67. The van der Waals surface area contributed by atoms with Crippen molar-refractivity contribution in [1.82, 2.24) is 0 Å². The van der Waals surface area contributed by atoms with E-state index in [1.165, 1.54) is 29.8 Å². The fourth-order valence-corrected chi connectivity index (χ4v) is 3.22. The number of esters is 1. The van der Waals surface area contributed by atoms with E-state index in [0.29, 0.717) is 16.1 Å². The van der Waals surface area contributed by atoms with Gasteiger partial charge in [-0.25, -0.2) is 4.79 Å². The van der Waals surface area contributed by atoms with Gasteiger partial charge in [-0.2, -0.15) is 0 Å². The zero-order valence-electron chi connectivity index (χ0n) is 10.8. The Balaban J connectivity index is 2.23. The second-order valence-electron chi connectivity index (χ2n) is 3.94. The van der Waals surface area contributed by atoms with E-state index in [2.05, 4.69) is 10.1 Å². The first-order valence-corrected chi connectivity index (χ1v) is 7.32. The molecule has 0 spiro atoms. The van der Waals surface area contributed by atoms with Crippen molar-refractivity contribution in [2.24, 2.45) is 0 Å². The Labute approximate surface area is 119 Å². The predicted octanol–water partition coefficient (Wildman–Crippen LogP) is 3.47.